The average Bonchev–Trinajstić information content (AvgIpc) is 2.30. The van der Waals surface area contributed by atoms with Crippen LogP contribution in [0.1, 0.15) is 24.5 Å². The lowest BCUT2D eigenvalue weighted by molar-refractivity contribution is 0.107. The van der Waals surface area contributed by atoms with E-state index < -0.39 is 0 Å². The van der Waals surface area contributed by atoms with Gasteiger partial charge >= 0.3 is 0 Å². The fourth-order valence-corrected chi connectivity index (χ4v) is 1.60. The highest BCUT2D eigenvalue weighted by Gasteiger charge is 2.17. The van der Waals surface area contributed by atoms with Gasteiger partial charge in [0.2, 0.25) is 0 Å². The van der Waals surface area contributed by atoms with E-state index in [1.165, 1.54) is 0 Å². The molecule has 0 saturated carbocycles. The summed E-state index contributed by atoms with van der Waals surface area (Å²) in [6.07, 6.45) is 3.77. The molecule has 70 valence electrons. The van der Waals surface area contributed by atoms with Gasteiger partial charge in [-0.3, -0.25) is 0 Å². The summed E-state index contributed by atoms with van der Waals surface area (Å²) in [5.74, 6) is 0.449. The van der Waals surface area contributed by atoms with Crippen molar-refractivity contribution in [2.24, 2.45) is 0 Å². The SMILES string of the molecule is N#CC1=CCC[C@@H](c2ccccc2)O1. The van der Waals surface area contributed by atoms with Gasteiger partial charge in [-0.25, -0.2) is 0 Å². The molecule has 2 rings (SSSR count). The summed E-state index contributed by atoms with van der Waals surface area (Å²) in [4.78, 5) is 0. The number of nitrogens with zero attached hydrogens (tertiary/aromatic N) is 1. The molecule has 0 fully saturated rings. The Hall–Kier alpha value is -1.75. The highest BCUT2D eigenvalue weighted by molar-refractivity contribution is 5.22. The number of benzene rings is 1. The molecule has 1 aromatic carbocycles. The normalized spacial score (nSPS) is 20.5. The van der Waals surface area contributed by atoms with Gasteiger partial charge < -0.3 is 4.74 Å². The quantitative estimate of drug-likeness (QED) is 0.673. The molecule has 0 aromatic heterocycles. The van der Waals surface area contributed by atoms with Gasteiger partial charge in [-0.05, 0) is 24.5 Å². The number of ether oxygens (including phenoxy) is 1. The minimum atomic E-state index is 0.0517. The highest BCUT2D eigenvalue weighted by atomic mass is 16.5. The molecule has 0 saturated heterocycles. The first-order valence-corrected chi connectivity index (χ1v) is 4.72. The van der Waals surface area contributed by atoms with E-state index in [0.717, 1.165) is 18.4 Å². The minimum absolute atomic E-state index is 0.0517. The number of hydrogen-bond acceptors (Lipinski definition) is 2. The lowest BCUT2D eigenvalue weighted by Crippen LogP contribution is -2.07. The van der Waals surface area contributed by atoms with E-state index in [0.29, 0.717) is 5.76 Å². The van der Waals surface area contributed by atoms with Gasteiger partial charge in [-0.2, -0.15) is 5.26 Å². The third kappa shape index (κ3) is 1.77. The molecular weight excluding hydrogens is 174 g/mol. The fourth-order valence-electron chi connectivity index (χ4n) is 1.60. The van der Waals surface area contributed by atoms with Gasteiger partial charge in [-0.15, -0.1) is 0 Å². The van der Waals surface area contributed by atoms with Crippen LogP contribution in [0.5, 0.6) is 0 Å². The maximum Gasteiger partial charge on any atom is 0.193 e. The summed E-state index contributed by atoms with van der Waals surface area (Å²) in [5.41, 5.74) is 1.15. The average molecular weight is 185 g/mol. The Morgan fingerprint density at radius 1 is 1.29 bits per heavy atom. The molecule has 0 radical (unpaired) electrons. The molecule has 1 atom stereocenters. The van der Waals surface area contributed by atoms with E-state index in [-0.39, 0.29) is 6.10 Å². The van der Waals surface area contributed by atoms with Crippen molar-refractivity contribution in [3.8, 4) is 6.07 Å². The lowest BCUT2D eigenvalue weighted by atomic mass is 10.0. The monoisotopic (exact) mass is 185 g/mol. The topological polar surface area (TPSA) is 33.0 Å². The summed E-state index contributed by atoms with van der Waals surface area (Å²) in [6.45, 7) is 0. The molecule has 1 aromatic rings. The highest BCUT2D eigenvalue weighted by Crippen LogP contribution is 2.29. The molecule has 0 N–H and O–H groups in total. The Bertz CT molecular complexity index is 375. The van der Waals surface area contributed by atoms with Gasteiger partial charge in [0, 0.05) is 0 Å². The van der Waals surface area contributed by atoms with Gasteiger partial charge in [0.25, 0.3) is 0 Å². The summed E-state index contributed by atoms with van der Waals surface area (Å²) in [6, 6.07) is 12.1. The maximum absolute atomic E-state index is 8.71. The second-order valence-corrected chi connectivity index (χ2v) is 3.27. The van der Waals surface area contributed by atoms with Gasteiger partial charge in [0.15, 0.2) is 5.76 Å². The van der Waals surface area contributed by atoms with Crippen LogP contribution in [0, 0.1) is 11.3 Å². The van der Waals surface area contributed by atoms with Crippen LogP contribution in [-0.2, 0) is 4.74 Å². The van der Waals surface area contributed by atoms with Crippen molar-refractivity contribution in [3.63, 3.8) is 0 Å². The zero-order valence-corrected chi connectivity index (χ0v) is 7.81. The van der Waals surface area contributed by atoms with Crippen LogP contribution >= 0.6 is 0 Å². The van der Waals surface area contributed by atoms with E-state index in [1.807, 2.05) is 42.5 Å². The fraction of sp³-hybridized carbons (Fsp3) is 0.250. The minimum Gasteiger partial charge on any atom is -0.476 e. The molecule has 0 amide bonds. The standard InChI is InChI=1S/C12H11NO/c13-9-11-7-4-8-12(14-11)10-5-2-1-3-6-10/h1-3,5-7,12H,4,8H2/t12-/m0/s1. The number of allylic oxidation sites excluding steroid dienone is 2. The Kier molecular flexibility index (Phi) is 2.51. The van der Waals surface area contributed by atoms with Gasteiger partial charge in [-0.1, -0.05) is 30.3 Å². The first kappa shape index (κ1) is 8.83. The van der Waals surface area contributed by atoms with Crippen molar-refractivity contribution in [2.75, 3.05) is 0 Å². The van der Waals surface area contributed by atoms with Crippen LogP contribution < -0.4 is 0 Å². The molecule has 0 aliphatic carbocycles. The van der Waals surface area contributed by atoms with Crippen molar-refractivity contribution < 1.29 is 4.74 Å². The second kappa shape index (κ2) is 3.97. The molecule has 1 aliphatic rings. The predicted octanol–water partition coefficient (Wildman–Crippen LogP) is 2.95. The first-order chi connectivity index (χ1) is 6.90. The van der Waals surface area contributed by atoms with E-state index in [9.17, 15) is 0 Å². The molecule has 1 aliphatic heterocycles. The van der Waals surface area contributed by atoms with Crippen molar-refractivity contribution in [2.45, 2.75) is 18.9 Å². The molecule has 1 heterocycles. The predicted molar refractivity (Wildman–Crippen MR) is 53.2 cm³/mol. The molecule has 0 unspecified atom stereocenters. The van der Waals surface area contributed by atoms with Crippen LogP contribution in [-0.4, -0.2) is 0 Å². The lowest BCUT2D eigenvalue weighted by Gasteiger charge is -2.21. The van der Waals surface area contributed by atoms with Crippen molar-refractivity contribution in [1.29, 1.82) is 5.26 Å². The Morgan fingerprint density at radius 2 is 2.07 bits per heavy atom. The molecule has 0 spiro atoms. The van der Waals surface area contributed by atoms with Crippen molar-refractivity contribution in [3.05, 3.63) is 47.7 Å². The molecule has 2 heteroatoms. The number of rotatable bonds is 1. The zero-order chi connectivity index (χ0) is 9.80. The van der Waals surface area contributed by atoms with Gasteiger partial charge in [0.1, 0.15) is 12.2 Å². The van der Waals surface area contributed by atoms with E-state index >= 15 is 0 Å². The third-order valence-corrected chi connectivity index (χ3v) is 2.31. The van der Waals surface area contributed by atoms with Crippen LogP contribution in [0.3, 0.4) is 0 Å². The van der Waals surface area contributed by atoms with Crippen molar-refractivity contribution in [1.82, 2.24) is 0 Å². The molecule has 2 nitrogen and oxygen atoms in total. The number of nitriles is 1. The van der Waals surface area contributed by atoms with Crippen LogP contribution in [0.2, 0.25) is 0 Å². The number of hydrogen-bond donors (Lipinski definition) is 0. The van der Waals surface area contributed by atoms with Gasteiger partial charge in [0.05, 0.1) is 0 Å². The largest absolute Gasteiger partial charge is 0.476 e. The first-order valence-electron chi connectivity index (χ1n) is 4.72. The van der Waals surface area contributed by atoms with E-state index in [1.54, 1.807) is 0 Å². The zero-order valence-electron chi connectivity index (χ0n) is 7.81. The smallest absolute Gasteiger partial charge is 0.193 e. The summed E-state index contributed by atoms with van der Waals surface area (Å²) in [7, 11) is 0. The van der Waals surface area contributed by atoms with E-state index in [2.05, 4.69) is 0 Å². The maximum atomic E-state index is 8.71. The van der Waals surface area contributed by atoms with Crippen LogP contribution in [0.15, 0.2) is 42.2 Å². The summed E-state index contributed by atoms with van der Waals surface area (Å²) in [5, 5.41) is 8.71. The van der Waals surface area contributed by atoms with Crippen LogP contribution in [0.4, 0.5) is 0 Å². The van der Waals surface area contributed by atoms with Crippen molar-refractivity contribution >= 4 is 0 Å². The third-order valence-electron chi connectivity index (χ3n) is 2.31. The summed E-state index contributed by atoms with van der Waals surface area (Å²) >= 11 is 0. The Balaban J connectivity index is 2.16. The molecule has 0 bridgehead atoms. The van der Waals surface area contributed by atoms with Crippen LogP contribution in [0.25, 0.3) is 0 Å². The van der Waals surface area contributed by atoms with E-state index in [4.69, 9.17) is 10.00 Å². The Labute approximate surface area is 83.4 Å². The molecular formula is C12H11NO. The Morgan fingerprint density at radius 3 is 2.79 bits per heavy atom. The summed E-state index contributed by atoms with van der Waals surface area (Å²) < 4.78 is 5.52. The second-order valence-electron chi connectivity index (χ2n) is 3.27. The molecule has 14 heavy (non-hydrogen) atoms.